The molecular weight excluding hydrogens is 339 g/mol. The third kappa shape index (κ3) is 3.36. The molecule has 0 aliphatic rings. The molecule has 5 heteroatoms. The van der Waals surface area contributed by atoms with Crippen LogP contribution in [0.3, 0.4) is 0 Å². The minimum Gasteiger partial charge on any atom is -0.250 e. The lowest BCUT2D eigenvalue weighted by Gasteiger charge is -2.22. The summed E-state index contributed by atoms with van der Waals surface area (Å²) in [5.74, 6) is -0.513. The van der Waals surface area contributed by atoms with Gasteiger partial charge in [-0.05, 0) is 56.3 Å². The minimum atomic E-state index is -0.513. The van der Waals surface area contributed by atoms with Crippen molar-refractivity contribution in [3.8, 4) is 17.1 Å². The Morgan fingerprint density at radius 1 is 0.741 bits per heavy atom. The quantitative estimate of drug-likeness (QED) is 0.493. The minimum absolute atomic E-state index is 0.413. The lowest BCUT2D eigenvalue weighted by Crippen LogP contribution is -2.22. The molecule has 4 nitrogen and oxygen atoms in total. The first kappa shape index (κ1) is 17.1. The topological polar surface area (TPSA) is 43.6 Å². The van der Waals surface area contributed by atoms with Gasteiger partial charge in [0.05, 0.1) is 33.9 Å². The molecular formula is C22H19FN4. The van der Waals surface area contributed by atoms with Crippen molar-refractivity contribution >= 4 is 0 Å². The number of hydrogen-bond acceptors (Lipinski definition) is 3. The van der Waals surface area contributed by atoms with Crippen LogP contribution in [0.1, 0.15) is 25.2 Å². The molecule has 0 fully saturated rings. The van der Waals surface area contributed by atoms with Crippen molar-refractivity contribution < 1.29 is 4.39 Å². The first-order valence-corrected chi connectivity index (χ1v) is 8.76. The Labute approximate surface area is 157 Å². The molecule has 0 aliphatic carbocycles. The van der Waals surface area contributed by atoms with E-state index in [1.807, 2.05) is 65.5 Å². The van der Waals surface area contributed by atoms with Crippen LogP contribution in [0, 0.1) is 5.95 Å². The van der Waals surface area contributed by atoms with Crippen LogP contribution in [0.2, 0.25) is 0 Å². The van der Waals surface area contributed by atoms with E-state index in [9.17, 15) is 4.39 Å². The van der Waals surface area contributed by atoms with Gasteiger partial charge in [0.1, 0.15) is 0 Å². The maximum atomic E-state index is 13.5. The van der Waals surface area contributed by atoms with Gasteiger partial charge in [-0.25, -0.2) is 9.67 Å². The number of halogens is 1. The fourth-order valence-electron chi connectivity index (χ4n) is 2.99. The predicted molar refractivity (Wildman–Crippen MR) is 103 cm³/mol. The van der Waals surface area contributed by atoms with Crippen LogP contribution in [0.4, 0.5) is 4.39 Å². The average molecular weight is 358 g/mol. The number of pyridine rings is 2. The Hall–Kier alpha value is -3.34. The van der Waals surface area contributed by atoms with Gasteiger partial charge in [-0.1, -0.05) is 30.3 Å². The molecule has 0 bridgehead atoms. The van der Waals surface area contributed by atoms with Gasteiger partial charge in [0, 0.05) is 6.20 Å². The maximum Gasteiger partial charge on any atom is 0.213 e. The van der Waals surface area contributed by atoms with Gasteiger partial charge < -0.3 is 0 Å². The zero-order valence-corrected chi connectivity index (χ0v) is 15.2. The zero-order chi connectivity index (χ0) is 18.9. The highest BCUT2D eigenvalue weighted by Gasteiger charge is 2.28. The summed E-state index contributed by atoms with van der Waals surface area (Å²) in [6, 6.07) is 22.4. The number of aromatic nitrogens is 4. The standard InChI is InChI=1S/C22H19FN4/c1-22(2,20-14-15-27(26-20)16-8-4-3-5-9-16)19-12-6-10-17(24-19)18-11-7-13-21(23)25-18/h3-15H,1-2H3. The summed E-state index contributed by atoms with van der Waals surface area (Å²) < 4.78 is 15.3. The van der Waals surface area contributed by atoms with Gasteiger partial charge in [0.25, 0.3) is 0 Å². The highest BCUT2D eigenvalue weighted by atomic mass is 19.1. The molecule has 0 amide bonds. The molecule has 27 heavy (non-hydrogen) atoms. The zero-order valence-electron chi connectivity index (χ0n) is 15.2. The first-order valence-electron chi connectivity index (χ1n) is 8.76. The number of hydrogen-bond donors (Lipinski definition) is 0. The largest absolute Gasteiger partial charge is 0.250 e. The molecule has 4 rings (SSSR count). The Balaban J connectivity index is 1.70. The molecule has 0 spiro atoms. The Morgan fingerprint density at radius 2 is 1.44 bits per heavy atom. The lowest BCUT2D eigenvalue weighted by molar-refractivity contribution is 0.581. The third-order valence-corrected chi connectivity index (χ3v) is 4.62. The van der Waals surface area contributed by atoms with Crippen LogP contribution in [-0.2, 0) is 5.41 Å². The highest BCUT2D eigenvalue weighted by Crippen LogP contribution is 2.30. The maximum absolute atomic E-state index is 13.5. The fraction of sp³-hybridized carbons (Fsp3) is 0.136. The van der Waals surface area contributed by atoms with E-state index in [1.165, 1.54) is 6.07 Å². The van der Waals surface area contributed by atoms with Gasteiger partial charge in [-0.3, -0.25) is 4.98 Å². The molecule has 0 atom stereocenters. The van der Waals surface area contributed by atoms with Crippen molar-refractivity contribution in [3.63, 3.8) is 0 Å². The van der Waals surface area contributed by atoms with Crippen molar-refractivity contribution in [2.45, 2.75) is 19.3 Å². The van der Waals surface area contributed by atoms with E-state index in [1.54, 1.807) is 12.1 Å². The van der Waals surface area contributed by atoms with E-state index in [-0.39, 0.29) is 0 Å². The van der Waals surface area contributed by atoms with E-state index in [0.717, 1.165) is 17.1 Å². The smallest absolute Gasteiger partial charge is 0.213 e. The van der Waals surface area contributed by atoms with E-state index < -0.39 is 11.4 Å². The summed E-state index contributed by atoms with van der Waals surface area (Å²) in [6.07, 6.45) is 1.95. The second kappa shape index (κ2) is 6.76. The molecule has 1 aromatic carbocycles. The third-order valence-electron chi connectivity index (χ3n) is 4.62. The SMILES string of the molecule is CC(C)(c1cccc(-c2cccc(F)n2)n1)c1ccn(-c2ccccc2)n1. The molecule has 0 unspecified atom stereocenters. The molecule has 0 radical (unpaired) electrons. The summed E-state index contributed by atoms with van der Waals surface area (Å²) in [7, 11) is 0. The highest BCUT2D eigenvalue weighted by molar-refractivity contribution is 5.54. The van der Waals surface area contributed by atoms with Crippen LogP contribution in [0.5, 0.6) is 0 Å². The van der Waals surface area contributed by atoms with Gasteiger partial charge >= 0.3 is 0 Å². The van der Waals surface area contributed by atoms with Gasteiger partial charge in [-0.2, -0.15) is 9.49 Å². The van der Waals surface area contributed by atoms with Gasteiger partial charge in [0.15, 0.2) is 0 Å². The molecule has 0 N–H and O–H groups in total. The number of rotatable bonds is 4. The van der Waals surface area contributed by atoms with Gasteiger partial charge in [-0.15, -0.1) is 0 Å². The Morgan fingerprint density at radius 3 is 2.19 bits per heavy atom. The normalized spacial score (nSPS) is 11.5. The van der Waals surface area contributed by atoms with Crippen molar-refractivity contribution in [1.29, 1.82) is 0 Å². The summed E-state index contributed by atoms with van der Waals surface area (Å²) in [5.41, 5.74) is 3.51. The molecule has 3 aromatic heterocycles. The van der Waals surface area contributed by atoms with Crippen LogP contribution < -0.4 is 0 Å². The molecule has 3 heterocycles. The van der Waals surface area contributed by atoms with E-state index >= 15 is 0 Å². The summed E-state index contributed by atoms with van der Waals surface area (Å²) in [4.78, 5) is 8.67. The van der Waals surface area contributed by atoms with E-state index in [0.29, 0.717) is 11.4 Å². The monoisotopic (exact) mass is 358 g/mol. The van der Waals surface area contributed by atoms with Gasteiger partial charge in [0.2, 0.25) is 5.95 Å². The van der Waals surface area contributed by atoms with Crippen molar-refractivity contribution in [3.05, 3.63) is 96.3 Å². The van der Waals surface area contributed by atoms with Crippen LogP contribution >= 0.6 is 0 Å². The fourth-order valence-corrected chi connectivity index (χ4v) is 2.99. The second-order valence-electron chi connectivity index (χ2n) is 6.86. The first-order chi connectivity index (χ1) is 13.0. The van der Waals surface area contributed by atoms with Crippen LogP contribution in [-0.4, -0.2) is 19.7 Å². The Kier molecular flexibility index (Phi) is 4.28. The van der Waals surface area contributed by atoms with E-state index in [2.05, 4.69) is 18.8 Å². The Bertz CT molecular complexity index is 1070. The van der Waals surface area contributed by atoms with E-state index in [4.69, 9.17) is 10.1 Å². The predicted octanol–water partition coefficient (Wildman–Crippen LogP) is 4.79. The molecule has 4 aromatic rings. The summed E-state index contributed by atoms with van der Waals surface area (Å²) in [5, 5.41) is 4.75. The number of benzene rings is 1. The molecule has 134 valence electrons. The average Bonchev–Trinajstić information content (AvgIpc) is 3.20. The lowest BCUT2D eigenvalue weighted by atomic mass is 9.85. The number of para-hydroxylation sites is 1. The van der Waals surface area contributed by atoms with Crippen molar-refractivity contribution in [2.75, 3.05) is 0 Å². The summed E-state index contributed by atoms with van der Waals surface area (Å²) >= 11 is 0. The second-order valence-corrected chi connectivity index (χ2v) is 6.86. The van der Waals surface area contributed by atoms with Crippen molar-refractivity contribution in [1.82, 2.24) is 19.7 Å². The summed E-state index contributed by atoms with van der Waals surface area (Å²) in [6.45, 7) is 4.16. The van der Waals surface area contributed by atoms with Crippen LogP contribution in [0.15, 0.2) is 79.0 Å². The molecule has 0 aliphatic heterocycles. The molecule has 0 saturated heterocycles. The van der Waals surface area contributed by atoms with Crippen LogP contribution in [0.25, 0.3) is 17.1 Å². The van der Waals surface area contributed by atoms with Crippen molar-refractivity contribution in [2.24, 2.45) is 0 Å². The number of nitrogens with zero attached hydrogens (tertiary/aromatic N) is 4. The molecule has 0 saturated carbocycles.